The van der Waals surface area contributed by atoms with E-state index in [1.807, 2.05) is 0 Å². The zero-order valence-corrected chi connectivity index (χ0v) is 10.9. The first kappa shape index (κ1) is 12.9. The van der Waals surface area contributed by atoms with Crippen molar-refractivity contribution in [3.8, 4) is 0 Å². The molecule has 18 heavy (non-hydrogen) atoms. The first-order valence-electron chi connectivity index (χ1n) is 6.64. The van der Waals surface area contributed by atoms with E-state index in [9.17, 15) is 4.79 Å². The highest BCUT2D eigenvalue weighted by molar-refractivity contribution is 5.80. The van der Waals surface area contributed by atoms with Gasteiger partial charge in [0.25, 0.3) is 0 Å². The summed E-state index contributed by atoms with van der Waals surface area (Å²) < 4.78 is 0. The molecule has 1 fully saturated rings. The van der Waals surface area contributed by atoms with E-state index >= 15 is 0 Å². The van der Waals surface area contributed by atoms with Crippen LogP contribution in [0.4, 0.5) is 0 Å². The number of carboxylic acid groups (broad SMARTS) is 1. The molecule has 0 heterocycles. The number of aliphatic carboxylic acids is 1. The van der Waals surface area contributed by atoms with Crippen molar-refractivity contribution in [1.82, 2.24) is 0 Å². The standard InChI is InChI=1S/C16H20O2/c1-12-5-4-6-13(9-12)10-14-7-2-3-8-15(14)11-16(17)18/h4-6,9,11,14H,2-3,7-8,10H2,1H3,(H,17,18)/b15-11+. The van der Waals surface area contributed by atoms with Crippen LogP contribution in [0.25, 0.3) is 0 Å². The van der Waals surface area contributed by atoms with E-state index < -0.39 is 5.97 Å². The fourth-order valence-corrected chi connectivity index (χ4v) is 2.81. The fraction of sp³-hybridized carbons (Fsp3) is 0.438. The third-order valence-electron chi connectivity index (χ3n) is 3.67. The molecular weight excluding hydrogens is 224 g/mol. The fourth-order valence-electron chi connectivity index (χ4n) is 2.81. The van der Waals surface area contributed by atoms with Gasteiger partial charge in [0.2, 0.25) is 0 Å². The van der Waals surface area contributed by atoms with Crippen molar-refractivity contribution in [2.45, 2.75) is 39.0 Å². The van der Waals surface area contributed by atoms with E-state index in [1.54, 1.807) is 0 Å². The number of carboxylic acids is 1. The molecule has 0 aliphatic heterocycles. The highest BCUT2D eigenvalue weighted by Crippen LogP contribution is 2.32. The summed E-state index contributed by atoms with van der Waals surface area (Å²) >= 11 is 0. The molecule has 1 aromatic carbocycles. The van der Waals surface area contributed by atoms with Gasteiger partial charge in [-0.2, -0.15) is 0 Å². The SMILES string of the molecule is Cc1cccc(CC2CCCC/C2=C\C(=O)O)c1. The molecule has 0 radical (unpaired) electrons. The Morgan fingerprint density at radius 2 is 2.28 bits per heavy atom. The van der Waals surface area contributed by atoms with E-state index in [2.05, 4.69) is 31.2 Å². The van der Waals surface area contributed by atoms with Gasteiger partial charge in [0.1, 0.15) is 0 Å². The summed E-state index contributed by atoms with van der Waals surface area (Å²) in [5.74, 6) is -0.391. The number of benzene rings is 1. The Labute approximate surface area is 108 Å². The lowest BCUT2D eigenvalue weighted by molar-refractivity contribution is -0.131. The van der Waals surface area contributed by atoms with E-state index in [0.717, 1.165) is 31.3 Å². The molecule has 0 saturated heterocycles. The van der Waals surface area contributed by atoms with Crippen LogP contribution < -0.4 is 0 Å². The Balaban J connectivity index is 2.13. The Kier molecular flexibility index (Phi) is 4.19. The molecule has 1 aliphatic rings. The average molecular weight is 244 g/mol. The van der Waals surface area contributed by atoms with Gasteiger partial charge in [-0.15, -0.1) is 0 Å². The predicted octanol–water partition coefficient (Wildman–Crippen LogP) is 3.74. The molecule has 1 aromatic rings. The van der Waals surface area contributed by atoms with E-state index in [0.29, 0.717) is 5.92 Å². The summed E-state index contributed by atoms with van der Waals surface area (Å²) in [4.78, 5) is 10.8. The first-order chi connectivity index (χ1) is 8.65. The monoisotopic (exact) mass is 244 g/mol. The van der Waals surface area contributed by atoms with Gasteiger partial charge in [-0.3, -0.25) is 0 Å². The Morgan fingerprint density at radius 1 is 1.44 bits per heavy atom. The number of hydrogen-bond acceptors (Lipinski definition) is 1. The maximum atomic E-state index is 10.8. The normalized spacial score (nSPS) is 22.1. The van der Waals surface area contributed by atoms with Gasteiger partial charge >= 0.3 is 5.97 Å². The van der Waals surface area contributed by atoms with Crippen molar-refractivity contribution in [3.05, 3.63) is 47.0 Å². The van der Waals surface area contributed by atoms with Crippen LogP contribution in [-0.4, -0.2) is 11.1 Å². The van der Waals surface area contributed by atoms with Gasteiger partial charge in [0.05, 0.1) is 0 Å². The summed E-state index contributed by atoms with van der Waals surface area (Å²) in [5.41, 5.74) is 3.71. The summed E-state index contributed by atoms with van der Waals surface area (Å²) in [5, 5.41) is 8.92. The molecule has 1 N–H and O–H groups in total. The Hall–Kier alpha value is -1.57. The quantitative estimate of drug-likeness (QED) is 0.822. The average Bonchev–Trinajstić information content (AvgIpc) is 2.31. The van der Waals surface area contributed by atoms with Crippen LogP contribution in [0.1, 0.15) is 36.8 Å². The number of carbonyl (C=O) groups is 1. The van der Waals surface area contributed by atoms with Crippen molar-refractivity contribution >= 4 is 5.97 Å². The lowest BCUT2D eigenvalue weighted by Crippen LogP contribution is -2.14. The molecule has 1 unspecified atom stereocenters. The number of aryl methyl sites for hydroxylation is 1. The molecule has 1 atom stereocenters. The third kappa shape index (κ3) is 3.46. The first-order valence-corrected chi connectivity index (χ1v) is 6.64. The maximum Gasteiger partial charge on any atom is 0.328 e. The maximum absolute atomic E-state index is 10.8. The molecule has 96 valence electrons. The summed E-state index contributed by atoms with van der Waals surface area (Å²) in [6.07, 6.45) is 6.81. The summed E-state index contributed by atoms with van der Waals surface area (Å²) in [7, 11) is 0. The molecule has 0 spiro atoms. The third-order valence-corrected chi connectivity index (χ3v) is 3.67. The topological polar surface area (TPSA) is 37.3 Å². The van der Waals surface area contributed by atoms with Gasteiger partial charge in [0, 0.05) is 6.08 Å². The zero-order valence-electron chi connectivity index (χ0n) is 10.9. The van der Waals surface area contributed by atoms with Crippen molar-refractivity contribution in [3.63, 3.8) is 0 Å². The highest BCUT2D eigenvalue weighted by atomic mass is 16.4. The van der Waals surface area contributed by atoms with Crippen LogP contribution in [0.5, 0.6) is 0 Å². The molecule has 2 rings (SSSR count). The highest BCUT2D eigenvalue weighted by Gasteiger charge is 2.20. The molecule has 0 amide bonds. The summed E-state index contributed by atoms with van der Waals surface area (Å²) in [6.45, 7) is 2.10. The van der Waals surface area contributed by atoms with E-state index in [4.69, 9.17) is 5.11 Å². The Bertz CT molecular complexity index is 460. The van der Waals surface area contributed by atoms with Crippen LogP contribution in [0.2, 0.25) is 0 Å². The van der Waals surface area contributed by atoms with Gasteiger partial charge in [-0.05, 0) is 44.1 Å². The van der Waals surface area contributed by atoms with Crippen molar-refractivity contribution in [1.29, 1.82) is 0 Å². The second kappa shape index (κ2) is 5.85. The molecule has 2 heteroatoms. The van der Waals surface area contributed by atoms with E-state index in [-0.39, 0.29) is 0 Å². The minimum Gasteiger partial charge on any atom is -0.478 e. The van der Waals surface area contributed by atoms with E-state index in [1.165, 1.54) is 23.6 Å². The van der Waals surface area contributed by atoms with Crippen molar-refractivity contribution < 1.29 is 9.90 Å². The molecular formula is C16H20O2. The number of hydrogen-bond donors (Lipinski definition) is 1. The second-order valence-corrected chi connectivity index (χ2v) is 5.19. The molecule has 1 aliphatic carbocycles. The summed E-state index contributed by atoms with van der Waals surface area (Å²) in [6, 6.07) is 8.51. The van der Waals surface area contributed by atoms with Crippen LogP contribution >= 0.6 is 0 Å². The minimum absolute atomic E-state index is 0.414. The van der Waals surface area contributed by atoms with Crippen LogP contribution in [0.3, 0.4) is 0 Å². The second-order valence-electron chi connectivity index (χ2n) is 5.19. The smallest absolute Gasteiger partial charge is 0.328 e. The minimum atomic E-state index is -0.804. The number of allylic oxidation sites excluding steroid dienone is 1. The van der Waals surface area contributed by atoms with Crippen LogP contribution in [0.15, 0.2) is 35.9 Å². The van der Waals surface area contributed by atoms with Crippen molar-refractivity contribution in [2.24, 2.45) is 5.92 Å². The van der Waals surface area contributed by atoms with Gasteiger partial charge in [-0.1, -0.05) is 41.8 Å². The number of rotatable bonds is 3. The van der Waals surface area contributed by atoms with Crippen LogP contribution in [0, 0.1) is 12.8 Å². The van der Waals surface area contributed by atoms with Crippen LogP contribution in [-0.2, 0) is 11.2 Å². The largest absolute Gasteiger partial charge is 0.478 e. The predicted molar refractivity (Wildman–Crippen MR) is 72.6 cm³/mol. The molecule has 1 saturated carbocycles. The van der Waals surface area contributed by atoms with Gasteiger partial charge in [-0.25, -0.2) is 4.79 Å². The van der Waals surface area contributed by atoms with Crippen molar-refractivity contribution in [2.75, 3.05) is 0 Å². The van der Waals surface area contributed by atoms with Gasteiger partial charge < -0.3 is 5.11 Å². The van der Waals surface area contributed by atoms with Gasteiger partial charge in [0.15, 0.2) is 0 Å². The lowest BCUT2D eigenvalue weighted by atomic mass is 9.80. The Morgan fingerprint density at radius 3 is 3.00 bits per heavy atom. The molecule has 0 aromatic heterocycles. The zero-order chi connectivity index (χ0) is 13.0. The lowest BCUT2D eigenvalue weighted by Gasteiger charge is -2.25. The molecule has 0 bridgehead atoms. The molecule has 2 nitrogen and oxygen atoms in total.